The predicted molar refractivity (Wildman–Crippen MR) is 72.4 cm³/mol. The summed E-state index contributed by atoms with van der Waals surface area (Å²) in [7, 11) is 0. The van der Waals surface area contributed by atoms with E-state index < -0.39 is 0 Å². The van der Waals surface area contributed by atoms with Crippen molar-refractivity contribution >= 4 is 5.91 Å². The molecule has 1 amide bonds. The molecule has 0 aromatic heterocycles. The molecule has 5 fully saturated rings. The number of aliphatic hydroxyl groups excluding tert-OH is 1. The van der Waals surface area contributed by atoms with Gasteiger partial charge in [-0.15, -0.1) is 0 Å². The van der Waals surface area contributed by atoms with Gasteiger partial charge in [-0.1, -0.05) is 0 Å². The molecule has 0 spiro atoms. The van der Waals surface area contributed by atoms with Gasteiger partial charge in [-0.05, 0) is 68.6 Å². The molecule has 1 aliphatic heterocycles. The normalized spacial score (nSPS) is 45.7. The molecule has 4 saturated carbocycles. The first-order chi connectivity index (χ1) is 9.20. The van der Waals surface area contributed by atoms with E-state index in [4.69, 9.17) is 0 Å². The maximum Gasteiger partial charge on any atom is 0.226 e. The van der Waals surface area contributed by atoms with Crippen molar-refractivity contribution < 1.29 is 9.90 Å². The summed E-state index contributed by atoms with van der Waals surface area (Å²) >= 11 is 0. The summed E-state index contributed by atoms with van der Waals surface area (Å²) in [6, 6.07) is 0. The molecule has 3 heteroatoms. The maximum atomic E-state index is 12.8. The van der Waals surface area contributed by atoms with E-state index in [0.29, 0.717) is 23.7 Å². The number of nitrogens with zero attached hydrogens (tertiary/aromatic N) is 1. The van der Waals surface area contributed by atoms with E-state index in [1.165, 1.54) is 32.1 Å². The van der Waals surface area contributed by atoms with E-state index in [2.05, 4.69) is 4.90 Å². The molecule has 4 aliphatic carbocycles. The predicted octanol–water partition coefficient (Wildman–Crippen LogP) is 2.04. The number of carbonyl (C=O) groups excluding carboxylic acids is 1. The Morgan fingerprint density at radius 2 is 1.42 bits per heavy atom. The molecule has 1 heterocycles. The Bertz CT molecular complexity index is 345. The lowest BCUT2D eigenvalue weighted by atomic mass is 9.51. The molecule has 0 atom stereocenters. The fourth-order valence-electron chi connectivity index (χ4n) is 5.63. The average Bonchev–Trinajstić information content (AvgIpc) is 2.38. The first-order valence-corrected chi connectivity index (χ1v) is 8.17. The molecule has 0 aromatic carbocycles. The van der Waals surface area contributed by atoms with Crippen LogP contribution in [0.2, 0.25) is 0 Å². The third-order valence-electron chi connectivity index (χ3n) is 6.29. The van der Waals surface area contributed by atoms with Gasteiger partial charge in [0.05, 0.1) is 6.10 Å². The Morgan fingerprint density at radius 1 is 0.895 bits per heavy atom. The minimum Gasteiger partial charge on any atom is -0.393 e. The number of rotatable bonds is 1. The van der Waals surface area contributed by atoms with E-state index in [1.54, 1.807) is 0 Å². The van der Waals surface area contributed by atoms with Crippen LogP contribution in [0.15, 0.2) is 0 Å². The molecule has 19 heavy (non-hydrogen) atoms. The van der Waals surface area contributed by atoms with Crippen LogP contribution < -0.4 is 0 Å². The van der Waals surface area contributed by atoms with Crippen molar-refractivity contribution in [3.05, 3.63) is 0 Å². The Labute approximate surface area is 115 Å². The smallest absolute Gasteiger partial charge is 0.226 e. The van der Waals surface area contributed by atoms with E-state index in [0.717, 1.165) is 37.8 Å². The van der Waals surface area contributed by atoms with Crippen molar-refractivity contribution in [2.75, 3.05) is 13.1 Å². The van der Waals surface area contributed by atoms with Gasteiger partial charge in [-0.3, -0.25) is 4.79 Å². The zero-order valence-electron chi connectivity index (χ0n) is 11.6. The van der Waals surface area contributed by atoms with Crippen molar-refractivity contribution in [2.24, 2.45) is 29.6 Å². The number of aliphatic hydroxyl groups is 1. The van der Waals surface area contributed by atoms with E-state index in [-0.39, 0.29) is 6.10 Å². The minimum atomic E-state index is -0.178. The number of carbonyl (C=O) groups is 1. The highest BCUT2D eigenvalue weighted by atomic mass is 16.3. The molecule has 1 saturated heterocycles. The van der Waals surface area contributed by atoms with Crippen molar-refractivity contribution in [3.63, 3.8) is 0 Å². The molecule has 5 rings (SSSR count). The molecule has 106 valence electrons. The van der Waals surface area contributed by atoms with Crippen molar-refractivity contribution in [2.45, 2.75) is 51.0 Å². The van der Waals surface area contributed by atoms with E-state index >= 15 is 0 Å². The summed E-state index contributed by atoms with van der Waals surface area (Å²) in [5.41, 5.74) is 0. The fourth-order valence-corrected chi connectivity index (χ4v) is 5.63. The van der Waals surface area contributed by atoms with Gasteiger partial charge in [0.15, 0.2) is 0 Å². The summed E-state index contributed by atoms with van der Waals surface area (Å²) in [4.78, 5) is 14.9. The van der Waals surface area contributed by atoms with Crippen LogP contribution in [0.3, 0.4) is 0 Å². The lowest BCUT2D eigenvalue weighted by Gasteiger charge is -2.54. The molecule has 1 N–H and O–H groups in total. The third kappa shape index (κ3) is 2.01. The van der Waals surface area contributed by atoms with Crippen molar-refractivity contribution in [3.8, 4) is 0 Å². The minimum absolute atomic E-state index is 0.178. The molecule has 3 nitrogen and oxygen atoms in total. The highest BCUT2D eigenvalue weighted by Crippen LogP contribution is 2.56. The van der Waals surface area contributed by atoms with Crippen LogP contribution in [0, 0.1) is 29.6 Å². The molecule has 0 aromatic rings. The first-order valence-electron chi connectivity index (χ1n) is 8.17. The van der Waals surface area contributed by atoms with Crippen LogP contribution in [0.25, 0.3) is 0 Å². The van der Waals surface area contributed by atoms with Gasteiger partial charge in [0, 0.05) is 19.0 Å². The second-order valence-electron chi connectivity index (χ2n) is 7.51. The van der Waals surface area contributed by atoms with Gasteiger partial charge in [0.2, 0.25) is 5.91 Å². The summed E-state index contributed by atoms with van der Waals surface area (Å²) < 4.78 is 0. The lowest BCUT2D eigenvalue weighted by Crippen LogP contribution is -2.53. The number of amides is 1. The van der Waals surface area contributed by atoms with Crippen LogP contribution in [-0.4, -0.2) is 35.1 Å². The van der Waals surface area contributed by atoms with Gasteiger partial charge in [-0.25, -0.2) is 0 Å². The zero-order chi connectivity index (χ0) is 13.0. The van der Waals surface area contributed by atoms with Crippen LogP contribution in [0.1, 0.15) is 44.9 Å². The largest absolute Gasteiger partial charge is 0.393 e. The Balaban J connectivity index is 1.48. The van der Waals surface area contributed by atoms with Gasteiger partial charge in [-0.2, -0.15) is 0 Å². The van der Waals surface area contributed by atoms with Crippen LogP contribution in [0.4, 0.5) is 0 Å². The van der Waals surface area contributed by atoms with Crippen LogP contribution >= 0.6 is 0 Å². The SMILES string of the molecule is O=C(C1C2CC3CC(C2)CC1C3)N1CCC(O)CC1. The molecule has 5 aliphatic rings. The lowest BCUT2D eigenvalue weighted by molar-refractivity contribution is -0.151. The molecular formula is C16H25NO2. The first kappa shape index (κ1) is 12.2. The number of hydrogen-bond donors (Lipinski definition) is 1. The van der Waals surface area contributed by atoms with Gasteiger partial charge >= 0.3 is 0 Å². The monoisotopic (exact) mass is 263 g/mol. The fraction of sp³-hybridized carbons (Fsp3) is 0.938. The number of likely N-dealkylation sites (tertiary alicyclic amines) is 1. The van der Waals surface area contributed by atoms with Crippen LogP contribution in [0.5, 0.6) is 0 Å². The highest BCUT2D eigenvalue weighted by Gasteiger charge is 2.51. The van der Waals surface area contributed by atoms with Crippen molar-refractivity contribution in [1.82, 2.24) is 4.90 Å². The topological polar surface area (TPSA) is 40.5 Å². The zero-order valence-corrected chi connectivity index (χ0v) is 11.6. The second kappa shape index (κ2) is 4.47. The Morgan fingerprint density at radius 3 is 1.95 bits per heavy atom. The summed E-state index contributed by atoms with van der Waals surface area (Å²) in [6.07, 6.45) is 8.10. The van der Waals surface area contributed by atoms with Gasteiger partial charge in [0.25, 0.3) is 0 Å². The molecule has 0 radical (unpaired) electrons. The molecular weight excluding hydrogens is 238 g/mol. The van der Waals surface area contributed by atoms with Gasteiger partial charge < -0.3 is 10.0 Å². The maximum absolute atomic E-state index is 12.8. The number of piperidine rings is 1. The summed E-state index contributed by atoms with van der Waals surface area (Å²) in [5, 5.41) is 9.58. The van der Waals surface area contributed by atoms with E-state index in [1.807, 2.05) is 0 Å². The van der Waals surface area contributed by atoms with Gasteiger partial charge in [0.1, 0.15) is 0 Å². The van der Waals surface area contributed by atoms with E-state index in [9.17, 15) is 9.90 Å². The summed E-state index contributed by atoms with van der Waals surface area (Å²) in [6.45, 7) is 1.56. The molecule has 0 unspecified atom stereocenters. The summed E-state index contributed by atoms with van der Waals surface area (Å²) in [5.74, 6) is 4.03. The quantitative estimate of drug-likeness (QED) is 0.786. The Kier molecular flexibility index (Phi) is 2.87. The Hall–Kier alpha value is -0.570. The third-order valence-corrected chi connectivity index (χ3v) is 6.29. The van der Waals surface area contributed by atoms with Crippen LogP contribution in [-0.2, 0) is 4.79 Å². The average molecular weight is 263 g/mol. The standard InChI is InChI=1S/C16H25NO2/c18-14-1-3-17(4-2-14)16(19)15-12-6-10-5-11(8-12)9-13(15)7-10/h10-15,18H,1-9H2. The van der Waals surface area contributed by atoms with Crippen molar-refractivity contribution in [1.29, 1.82) is 0 Å². The highest BCUT2D eigenvalue weighted by molar-refractivity contribution is 5.80. The second-order valence-corrected chi connectivity index (χ2v) is 7.51. The molecule has 4 bridgehead atoms. The number of hydrogen-bond acceptors (Lipinski definition) is 2.